The Balaban J connectivity index is 1.97. The number of benzene rings is 1. The van der Waals surface area contributed by atoms with Gasteiger partial charge in [-0.15, -0.1) is 0 Å². The molecular weight excluding hydrogens is 276 g/mol. The lowest BCUT2D eigenvalue weighted by Gasteiger charge is -1.99. The van der Waals surface area contributed by atoms with Crippen LogP contribution in [-0.2, 0) is 6.54 Å². The molecule has 84 valence electrons. The summed E-state index contributed by atoms with van der Waals surface area (Å²) in [5.41, 5.74) is 2.51. The van der Waals surface area contributed by atoms with Crippen molar-refractivity contribution in [3.05, 3.63) is 71.1 Å². The molecule has 1 aromatic carbocycles. The summed E-state index contributed by atoms with van der Waals surface area (Å²) in [5.74, 6) is 0. The van der Waals surface area contributed by atoms with E-state index in [2.05, 4.69) is 79.9 Å². The molecule has 0 N–H and O–H groups in total. The smallest absolute Gasteiger partial charge is 0.226 e. The van der Waals surface area contributed by atoms with Crippen molar-refractivity contribution >= 4 is 21.6 Å². The Labute approximate surface area is 108 Å². The Kier molecular flexibility index (Phi) is 2.69. The van der Waals surface area contributed by atoms with Crippen LogP contribution in [0.5, 0.6) is 0 Å². The first-order valence-electron chi connectivity index (χ1n) is 5.52. The van der Waals surface area contributed by atoms with Gasteiger partial charge in [0.2, 0.25) is 0 Å². The molecule has 0 aliphatic heterocycles. The Morgan fingerprint density at radius 1 is 1.00 bits per heavy atom. The quantitative estimate of drug-likeness (QED) is 0.641. The van der Waals surface area contributed by atoms with Crippen LogP contribution in [-0.4, -0.2) is 4.40 Å². The van der Waals surface area contributed by atoms with Crippen molar-refractivity contribution in [3.8, 4) is 0 Å². The molecule has 0 amide bonds. The van der Waals surface area contributed by atoms with Crippen LogP contribution < -0.4 is 4.57 Å². The van der Waals surface area contributed by atoms with Gasteiger partial charge in [0.1, 0.15) is 18.9 Å². The van der Waals surface area contributed by atoms with Crippen LogP contribution in [0.1, 0.15) is 5.56 Å². The van der Waals surface area contributed by atoms with E-state index in [4.69, 9.17) is 0 Å². The van der Waals surface area contributed by atoms with Crippen molar-refractivity contribution in [2.24, 2.45) is 0 Å². The lowest BCUT2D eigenvalue weighted by molar-refractivity contribution is -0.661. The van der Waals surface area contributed by atoms with E-state index in [-0.39, 0.29) is 0 Å². The second kappa shape index (κ2) is 4.34. The van der Waals surface area contributed by atoms with Gasteiger partial charge < -0.3 is 0 Å². The molecule has 3 heteroatoms. The Bertz CT molecular complexity index is 641. The molecule has 0 radical (unpaired) electrons. The van der Waals surface area contributed by atoms with E-state index in [0.717, 1.165) is 11.0 Å². The largest absolute Gasteiger partial charge is 0.286 e. The highest BCUT2D eigenvalue weighted by atomic mass is 79.9. The molecular formula is C14H12BrN2+. The van der Waals surface area contributed by atoms with Gasteiger partial charge in [-0.1, -0.05) is 34.1 Å². The van der Waals surface area contributed by atoms with Gasteiger partial charge in [-0.3, -0.25) is 0 Å². The Hall–Kier alpha value is -1.61. The van der Waals surface area contributed by atoms with E-state index >= 15 is 0 Å². The van der Waals surface area contributed by atoms with E-state index in [9.17, 15) is 0 Å². The van der Waals surface area contributed by atoms with Crippen molar-refractivity contribution in [1.82, 2.24) is 4.40 Å². The second-order valence-corrected chi connectivity index (χ2v) is 4.93. The van der Waals surface area contributed by atoms with Gasteiger partial charge >= 0.3 is 0 Å². The summed E-state index contributed by atoms with van der Waals surface area (Å²) in [5, 5.41) is 0. The Morgan fingerprint density at radius 3 is 2.65 bits per heavy atom. The summed E-state index contributed by atoms with van der Waals surface area (Å²) in [4.78, 5) is 0. The molecule has 0 saturated heterocycles. The predicted molar refractivity (Wildman–Crippen MR) is 70.8 cm³/mol. The standard InChI is InChI=1S/C14H12BrN2/c15-13-6-4-12(5-7-13)11-17-10-9-16-8-2-1-3-14(16)17/h1-10H,11H2/q+1. The summed E-state index contributed by atoms with van der Waals surface area (Å²) < 4.78 is 5.48. The van der Waals surface area contributed by atoms with Crippen molar-refractivity contribution in [2.75, 3.05) is 0 Å². The maximum absolute atomic E-state index is 3.45. The van der Waals surface area contributed by atoms with Crippen LogP contribution in [0.25, 0.3) is 5.65 Å². The number of halogens is 1. The molecule has 0 unspecified atom stereocenters. The third kappa shape index (κ3) is 2.11. The first-order valence-corrected chi connectivity index (χ1v) is 6.32. The van der Waals surface area contributed by atoms with Gasteiger partial charge in [0, 0.05) is 10.5 Å². The van der Waals surface area contributed by atoms with Gasteiger partial charge in [0.05, 0.1) is 6.20 Å². The van der Waals surface area contributed by atoms with Crippen LogP contribution in [0.15, 0.2) is 65.5 Å². The maximum atomic E-state index is 3.45. The topological polar surface area (TPSA) is 8.29 Å². The van der Waals surface area contributed by atoms with Crippen LogP contribution in [0, 0.1) is 0 Å². The normalized spacial score (nSPS) is 10.9. The first-order chi connectivity index (χ1) is 8.33. The van der Waals surface area contributed by atoms with Crippen LogP contribution in [0.4, 0.5) is 0 Å². The third-order valence-corrected chi connectivity index (χ3v) is 3.36. The molecule has 2 aromatic heterocycles. The van der Waals surface area contributed by atoms with Gasteiger partial charge in [-0.2, -0.15) is 0 Å². The average Bonchev–Trinajstić information content (AvgIpc) is 2.76. The minimum absolute atomic E-state index is 0.897. The molecule has 0 spiro atoms. The summed E-state index contributed by atoms with van der Waals surface area (Å²) in [7, 11) is 0. The number of imidazole rings is 1. The van der Waals surface area contributed by atoms with Gasteiger partial charge in [0.15, 0.2) is 0 Å². The lowest BCUT2D eigenvalue weighted by Crippen LogP contribution is -2.32. The van der Waals surface area contributed by atoms with Crippen molar-refractivity contribution in [1.29, 1.82) is 0 Å². The molecule has 17 heavy (non-hydrogen) atoms. The number of hydrogen-bond donors (Lipinski definition) is 0. The summed E-state index contributed by atoms with van der Waals surface area (Å²) in [6.07, 6.45) is 6.25. The number of rotatable bonds is 2. The zero-order valence-electron chi connectivity index (χ0n) is 9.25. The van der Waals surface area contributed by atoms with Crippen LogP contribution >= 0.6 is 15.9 Å². The second-order valence-electron chi connectivity index (χ2n) is 4.02. The number of aromatic nitrogens is 2. The third-order valence-electron chi connectivity index (χ3n) is 2.84. The van der Waals surface area contributed by atoms with E-state index in [1.54, 1.807) is 0 Å². The minimum atomic E-state index is 0.897. The molecule has 3 aromatic rings. The van der Waals surface area contributed by atoms with Gasteiger partial charge in [-0.25, -0.2) is 8.97 Å². The van der Waals surface area contributed by atoms with E-state index in [1.165, 1.54) is 11.2 Å². The van der Waals surface area contributed by atoms with Crippen molar-refractivity contribution < 1.29 is 4.57 Å². The number of nitrogens with zero attached hydrogens (tertiary/aromatic N) is 2. The van der Waals surface area contributed by atoms with Gasteiger partial charge in [-0.05, 0) is 23.8 Å². The highest BCUT2D eigenvalue weighted by Crippen LogP contribution is 2.10. The molecule has 0 aliphatic rings. The van der Waals surface area contributed by atoms with E-state index in [0.29, 0.717) is 0 Å². The number of fused-ring (bicyclic) bond motifs is 1. The molecule has 0 bridgehead atoms. The highest BCUT2D eigenvalue weighted by molar-refractivity contribution is 9.10. The Morgan fingerprint density at radius 2 is 1.82 bits per heavy atom. The predicted octanol–water partition coefficient (Wildman–Crippen LogP) is 3.04. The summed E-state index contributed by atoms with van der Waals surface area (Å²) in [6.45, 7) is 0.897. The van der Waals surface area contributed by atoms with Gasteiger partial charge in [0.25, 0.3) is 5.65 Å². The van der Waals surface area contributed by atoms with Crippen LogP contribution in [0.2, 0.25) is 0 Å². The zero-order chi connectivity index (χ0) is 11.7. The van der Waals surface area contributed by atoms with Crippen molar-refractivity contribution in [3.63, 3.8) is 0 Å². The average molecular weight is 288 g/mol. The summed E-state index contributed by atoms with van der Waals surface area (Å²) >= 11 is 3.45. The molecule has 0 atom stereocenters. The van der Waals surface area contributed by atoms with E-state index < -0.39 is 0 Å². The first kappa shape index (κ1) is 10.5. The monoisotopic (exact) mass is 287 g/mol. The molecule has 2 nitrogen and oxygen atoms in total. The molecule has 0 saturated carbocycles. The fourth-order valence-electron chi connectivity index (χ4n) is 1.97. The lowest BCUT2D eigenvalue weighted by atomic mass is 10.2. The van der Waals surface area contributed by atoms with E-state index in [1.807, 2.05) is 6.07 Å². The minimum Gasteiger partial charge on any atom is -0.226 e. The summed E-state index contributed by atoms with van der Waals surface area (Å²) in [6, 6.07) is 14.7. The van der Waals surface area contributed by atoms with Crippen LogP contribution in [0.3, 0.4) is 0 Å². The fraction of sp³-hybridized carbons (Fsp3) is 0.0714. The van der Waals surface area contributed by atoms with Crippen molar-refractivity contribution in [2.45, 2.75) is 6.54 Å². The molecule has 0 fully saturated rings. The fourth-order valence-corrected chi connectivity index (χ4v) is 2.23. The SMILES string of the molecule is Brc1ccc(C[n+]2ccn3ccccc32)cc1. The number of hydrogen-bond acceptors (Lipinski definition) is 0. The zero-order valence-corrected chi connectivity index (χ0v) is 10.8. The number of pyridine rings is 1. The molecule has 0 aliphatic carbocycles. The highest BCUT2D eigenvalue weighted by Gasteiger charge is 2.08. The molecule has 2 heterocycles. The molecule has 3 rings (SSSR count). The maximum Gasteiger partial charge on any atom is 0.286 e.